The number of nitrogens with zero attached hydrogens (tertiary/aromatic N) is 1. The minimum atomic E-state index is -0.152. The van der Waals surface area contributed by atoms with E-state index in [1.165, 1.54) is 6.42 Å². The average molecular weight is 196 g/mol. The minimum Gasteiger partial charge on any atom is -0.294 e. The van der Waals surface area contributed by atoms with Crippen LogP contribution in [0.3, 0.4) is 0 Å². The number of hydrogen-bond acceptors (Lipinski definition) is 3. The van der Waals surface area contributed by atoms with E-state index in [4.69, 9.17) is 0 Å². The van der Waals surface area contributed by atoms with Crippen LogP contribution in [0.2, 0.25) is 0 Å². The van der Waals surface area contributed by atoms with Crippen molar-refractivity contribution < 1.29 is 9.59 Å². The van der Waals surface area contributed by atoms with Gasteiger partial charge >= 0.3 is 0 Å². The van der Waals surface area contributed by atoms with Crippen molar-refractivity contribution in [3.63, 3.8) is 0 Å². The summed E-state index contributed by atoms with van der Waals surface area (Å²) >= 11 is 0. The first kappa shape index (κ1) is 9.65. The third-order valence-electron chi connectivity index (χ3n) is 3.56. The largest absolute Gasteiger partial charge is 0.294 e. The molecule has 1 aliphatic carbocycles. The molecule has 0 bridgehead atoms. The molecule has 1 saturated carbocycles. The van der Waals surface area contributed by atoms with Crippen LogP contribution in [-0.4, -0.2) is 35.3 Å². The maximum absolute atomic E-state index is 11.2. The Balaban J connectivity index is 2.09. The fourth-order valence-corrected chi connectivity index (χ4v) is 2.45. The first-order valence-electron chi connectivity index (χ1n) is 5.24. The Morgan fingerprint density at radius 1 is 1.29 bits per heavy atom. The van der Waals surface area contributed by atoms with Gasteiger partial charge in [-0.3, -0.25) is 19.8 Å². The predicted molar refractivity (Wildman–Crippen MR) is 51.6 cm³/mol. The maximum Gasteiger partial charge on any atom is 0.240 e. The van der Waals surface area contributed by atoms with E-state index in [-0.39, 0.29) is 17.4 Å². The van der Waals surface area contributed by atoms with Gasteiger partial charge in [0.1, 0.15) is 0 Å². The molecule has 2 amide bonds. The predicted octanol–water partition coefficient (Wildman–Crippen LogP) is 0.277. The van der Waals surface area contributed by atoms with Crippen molar-refractivity contribution >= 4 is 11.8 Å². The van der Waals surface area contributed by atoms with E-state index in [0.717, 1.165) is 19.3 Å². The van der Waals surface area contributed by atoms with Crippen LogP contribution in [0.5, 0.6) is 0 Å². The van der Waals surface area contributed by atoms with E-state index in [1.807, 2.05) is 0 Å². The lowest BCUT2D eigenvalue weighted by Crippen LogP contribution is -2.62. The van der Waals surface area contributed by atoms with E-state index >= 15 is 0 Å². The summed E-state index contributed by atoms with van der Waals surface area (Å²) in [6, 6.07) is 0. The molecular formula is C10H16N2O2. The first-order chi connectivity index (χ1) is 6.66. The van der Waals surface area contributed by atoms with Gasteiger partial charge in [0.2, 0.25) is 11.8 Å². The summed E-state index contributed by atoms with van der Waals surface area (Å²) in [5.74, 6) is -0.304. The number of hydrogen-bond donors (Lipinski definition) is 1. The van der Waals surface area contributed by atoms with Gasteiger partial charge in [-0.2, -0.15) is 0 Å². The van der Waals surface area contributed by atoms with Gasteiger partial charge in [-0.15, -0.1) is 0 Å². The number of nitrogens with one attached hydrogen (secondary N) is 1. The van der Waals surface area contributed by atoms with Crippen LogP contribution in [0.4, 0.5) is 0 Å². The molecule has 0 unspecified atom stereocenters. The van der Waals surface area contributed by atoms with Crippen LogP contribution < -0.4 is 5.32 Å². The van der Waals surface area contributed by atoms with Crippen molar-refractivity contribution in [2.75, 3.05) is 13.1 Å². The lowest BCUT2D eigenvalue weighted by atomic mass is 9.73. The zero-order valence-corrected chi connectivity index (χ0v) is 8.51. The van der Waals surface area contributed by atoms with Crippen molar-refractivity contribution in [1.82, 2.24) is 10.2 Å². The van der Waals surface area contributed by atoms with Gasteiger partial charge in [0.25, 0.3) is 0 Å². The lowest BCUT2D eigenvalue weighted by Gasteiger charge is -2.50. The normalized spacial score (nSPS) is 26.9. The summed E-state index contributed by atoms with van der Waals surface area (Å²) < 4.78 is 0. The van der Waals surface area contributed by atoms with Gasteiger partial charge < -0.3 is 0 Å². The van der Waals surface area contributed by atoms with Crippen LogP contribution in [0.15, 0.2) is 0 Å². The van der Waals surface area contributed by atoms with Crippen LogP contribution in [0.1, 0.15) is 32.6 Å². The summed E-state index contributed by atoms with van der Waals surface area (Å²) in [4.78, 5) is 24.5. The molecule has 0 aromatic rings. The smallest absolute Gasteiger partial charge is 0.240 e. The summed E-state index contributed by atoms with van der Waals surface area (Å²) in [5, 5.41) is 2.33. The molecule has 0 radical (unpaired) electrons. The van der Waals surface area contributed by atoms with Gasteiger partial charge in [0.05, 0.1) is 13.1 Å². The quantitative estimate of drug-likeness (QED) is 0.645. The second-order valence-electron chi connectivity index (χ2n) is 4.26. The Bertz CT molecular complexity index is 250. The van der Waals surface area contributed by atoms with Gasteiger partial charge in [-0.25, -0.2) is 0 Å². The fraction of sp³-hybridized carbons (Fsp3) is 0.800. The highest BCUT2D eigenvalue weighted by molar-refractivity contribution is 5.99. The monoisotopic (exact) mass is 196 g/mol. The first-order valence-corrected chi connectivity index (χ1v) is 5.24. The number of carbonyl (C=O) groups is 2. The third kappa shape index (κ3) is 1.43. The van der Waals surface area contributed by atoms with E-state index in [2.05, 4.69) is 17.1 Å². The molecular weight excluding hydrogens is 180 g/mol. The molecule has 78 valence electrons. The number of amides is 2. The van der Waals surface area contributed by atoms with Crippen molar-refractivity contribution in [3.05, 3.63) is 0 Å². The Kier molecular flexibility index (Phi) is 2.31. The minimum absolute atomic E-state index is 0.146. The highest BCUT2D eigenvalue weighted by Gasteiger charge is 2.43. The highest BCUT2D eigenvalue weighted by Crippen LogP contribution is 2.40. The van der Waals surface area contributed by atoms with Crippen molar-refractivity contribution in [3.8, 4) is 0 Å². The fourth-order valence-electron chi connectivity index (χ4n) is 2.45. The second kappa shape index (κ2) is 3.35. The molecule has 0 spiro atoms. The number of rotatable bonds is 2. The Labute approximate surface area is 83.6 Å². The number of carbonyl (C=O) groups excluding carboxylic acids is 2. The lowest BCUT2D eigenvalue weighted by molar-refractivity contribution is -0.141. The van der Waals surface area contributed by atoms with E-state index in [9.17, 15) is 9.59 Å². The summed E-state index contributed by atoms with van der Waals surface area (Å²) in [6.07, 6.45) is 4.52. The zero-order chi connectivity index (χ0) is 10.2. The van der Waals surface area contributed by atoms with Crippen LogP contribution in [-0.2, 0) is 9.59 Å². The molecule has 1 saturated heterocycles. The Morgan fingerprint density at radius 2 is 1.86 bits per heavy atom. The molecule has 1 aliphatic heterocycles. The van der Waals surface area contributed by atoms with Crippen LogP contribution >= 0.6 is 0 Å². The molecule has 0 aromatic carbocycles. The summed E-state index contributed by atoms with van der Waals surface area (Å²) in [7, 11) is 0. The van der Waals surface area contributed by atoms with Crippen LogP contribution in [0, 0.1) is 0 Å². The highest BCUT2D eigenvalue weighted by atomic mass is 16.2. The topological polar surface area (TPSA) is 49.4 Å². The van der Waals surface area contributed by atoms with Gasteiger partial charge in [-0.05, 0) is 25.7 Å². The SMILES string of the molecule is CCC1(N2CC(=O)NC(=O)C2)CCC1. The average Bonchev–Trinajstić information content (AvgIpc) is 2.01. The van der Waals surface area contributed by atoms with Gasteiger partial charge in [0.15, 0.2) is 0 Å². The maximum atomic E-state index is 11.2. The molecule has 1 N–H and O–H groups in total. The second-order valence-corrected chi connectivity index (χ2v) is 4.26. The standard InChI is InChI=1S/C10H16N2O2/c1-2-10(4-3-5-10)12-6-8(13)11-9(14)7-12/h2-7H2,1H3,(H,11,13,14). The molecule has 1 heterocycles. The molecule has 4 nitrogen and oxygen atoms in total. The van der Waals surface area contributed by atoms with E-state index in [1.54, 1.807) is 0 Å². The molecule has 0 atom stereocenters. The zero-order valence-electron chi connectivity index (χ0n) is 8.51. The van der Waals surface area contributed by atoms with Crippen molar-refractivity contribution in [2.45, 2.75) is 38.1 Å². The Morgan fingerprint density at radius 3 is 2.21 bits per heavy atom. The Hall–Kier alpha value is -0.900. The molecule has 2 aliphatic rings. The third-order valence-corrected chi connectivity index (χ3v) is 3.56. The van der Waals surface area contributed by atoms with E-state index < -0.39 is 0 Å². The molecule has 0 aromatic heterocycles. The molecule has 2 fully saturated rings. The molecule has 4 heteroatoms. The van der Waals surface area contributed by atoms with Crippen molar-refractivity contribution in [1.29, 1.82) is 0 Å². The van der Waals surface area contributed by atoms with Crippen molar-refractivity contribution in [2.24, 2.45) is 0 Å². The number of piperazine rings is 1. The number of imide groups is 1. The molecule has 2 rings (SSSR count). The van der Waals surface area contributed by atoms with Gasteiger partial charge in [0, 0.05) is 5.54 Å². The van der Waals surface area contributed by atoms with Gasteiger partial charge in [-0.1, -0.05) is 6.92 Å². The summed E-state index contributed by atoms with van der Waals surface area (Å²) in [5.41, 5.74) is 0.146. The van der Waals surface area contributed by atoms with E-state index in [0.29, 0.717) is 13.1 Å². The summed E-state index contributed by atoms with van der Waals surface area (Å²) in [6.45, 7) is 2.91. The van der Waals surface area contributed by atoms with Crippen LogP contribution in [0.25, 0.3) is 0 Å². The molecule has 14 heavy (non-hydrogen) atoms.